The minimum atomic E-state index is -1.23. The molecule has 0 fully saturated rings. The van der Waals surface area contributed by atoms with Crippen LogP contribution in [0.3, 0.4) is 0 Å². The molecule has 0 aliphatic rings. The van der Waals surface area contributed by atoms with Crippen LogP contribution in [0.2, 0.25) is 0 Å². The molecule has 0 aliphatic carbocycles. The van der Waals surface area contributed by atoms with E-state index in [1.54, 1.807) is 0 Å². The largest absolute Gasteiger partial charge is 0.477 e. The summed E-state index contributed by atoms with van der Waals surface area (Å²) in [5.74, 6) is -1.29. The van der Waals surface area contributed by atoms with Gasteiger partial charge in [0.1, 0.15) is 0 Å². The number of hydrogen-bond donors (Lipinski definition) is 2. The number of carboxylic acid groups (broad SMARTS) is 1. The lowest BCUT2D eigenvalue weighted by atomic mass is 10.3. The molecular formula is C11H8BrN3O4S. The molecule has 0 spiro atoms. The molecule has 7 nitrogen and oxygen atoms in total. The van der Waals surface area contributed by atoms with Gasteiger partial charge in [0.25, 0.3) is 0 Å². The standard InChI is InChI=1S/C11H8BrN3O4S/c12-6-3-7(20-5-6)4-13-10-9(15(18)19)2-1-8(14-10)11(16)17/h1-3,5H,4H2,(H,13,14)(H,16,17). The number of pyridine rings is 1. The highest BCUT2D eigenvalue weighted by Gasteiger charge is 2.18. The van der Waals surface area contributed by atoms with Gasteiger partial charge in [-0.15, -0.1) is 11.3 Å². The lowest BCUT2D eigenvalue weighted by molar-refractivity contribution is -0.384. The number of carbonyl (C=O) groups is 1. The number of nitro groups is 1. The Morgan fingerprint density at radius 1 is 1.55 bits per heavy atom. The first-order valence-electron chi connectivity index (χ1n) is 5.33. The zero-order valence-electron chi connectivity index (χ0n) is 9.87. The van der Waals surface area contributed by atoms with Gasteiger partial charge in [-0.05, 0) is 28.1 Å². The van der Waals surface area contributed by atoms with Crippen LogP contribution in [0.25, 0.3) is 0 Å². The molecule has 0 aliphatic heterocycles. The van der Waals surface area contributed by atoms with Gasteiger partial charge in [-0.2, -0.15) is 0 Å². The van der Waals surface area contributed by atoms with E-state index >= 15 is 0 Å². The normalized spacial score (nSPS) is 10.2. The average Bonchev–Trinajstić information content (AvgIpc) is 2.81. The summed E-state index contributed by atoms with van der Waals surface area (Å²) in [5, 5.41) is 24.4. The van der Waals surface area contributed by atoms with Crippen molar-refractivity contribution in [3.8, 4) is 0 Å². The van der Waals surface area contributed by atoms with Crippen LogP contribution in [0.4, 0.5) is 11.5 Å². The van der Waals surface area contributed by atoms with Crippen molar-refractivity contribution in [1.29, 1.82) is 0 Å². The van der Waals surface area contributed by atoms with Crippen LogP contribution in [0.15, 0.2) is 28.1 Å². The first kappa shape index (κ1) is 14.4. The molecule has 0 unspecified atom stereocenters. The van der Waals surface area contributed by atoms with Gasteiger partial charge in [0.05, 0.1) is 11.5 Å². The third kappa shape index (κ3) is 3.31. The van der Waals surface area contributed by atoms with E-state index in [1.807, 2.05) is 11.4 Å². The summed E-state index contributed by atoms with van der Waals surface area (Å²) >= 11 is 4.78. The van der Waals surface area contributed by atoms with E-state index in [0.717, 1.165) is 21.5 Å². The molecule has 2 N–H and O–H groups in total. The lowest BCUT2D eigenvalue weighted by Crippen LogP contribution is -2.08. The van der Waals surface area contributed by atoms with E-state index in [1.165, 1.54) is 11.3 Å². The van der Waals surface area contributed by atoms with Crippen molar-refractivity contribution in [3.05, 3.63) is 48.7 Å². The monoisotopic (exact) mass is 357 g/mol. The third-order valence-electron chi connectivity index (χ3n) is 2.34. The SMILES string of the molecule is O=C(O)c1ccc([N+](=O)[O-])c(NCc2cc(Br)cs2)n1. The molecule has 20 heavy (non-hydrogen) atoms. The van der Waals surface area contributed by atoms with E-state index < -0.39 is 10.9 Å². The molecule has 104 valence electrons. The van der Waals surface area contributed by atoms with Crippen molar-refractivity contribution < 1.29 is 14.8 Å². The van der Waals surface area contributed by atoms with E-state index in [0.29, 0.717) is 6.54 Å². The Labute approximate surface area is 125 Å². The van der Waals surface area contributed by atoms with E-state index in [4.69, 9.17) is 5.11 Å². The van der Waals surface area contributed by atoms with E-state index in [2.05, 4.69) is 26.2 Å². The Hall–Kier alpha value is -2.00. The second-order valence-corrected chi connectivity index (χ2v) is 5.62. The molecule has 2 aromatic rings. The molecule has 0 aromatic carbocycles. The molecule has 2 aromatic heterocycles. The number of nitrogens with zero attached hydrogens (tertiary/aromatic N) is 2. The van der Waals surface area contributed by atoms with E-state index in [-0.39, 0.29) is 17.2 Å². The number of nitrogens with one attached hydrogen (secondary N) is 1. The average molecular weight is 358 g/mol. The smallest absolute Gasteiger partial charge is 0.354 e. The number of hydrogen-bond acceptors (Lipinski definition) is 6. The number of thiophene rings is 1. The number of aromatic nitrogens is 1. The quantitative estimate of drug-likeness (QED) is 0.628. The Kier molecular flexibility index (Phi) is 4.30. The van der Waals surface area contributed by atoms with Gasteiger partial charge in [0.15, 0.2) is 5.69 Å². The number of carboxylic acids is 1. The lowest BCUT2D eigenvalue weighted by Gasteiger charge is -2.05. The molecule has 2 heterocycles. The van der Waals surface area contributed by atoms with Crippen LogP contribution in [0.5, 0.6) is 0 Å². The second kappa shape index (κ2) is 5.97. The number of anilines is 1. The Bertz CT molecular complexity index is 673. The summed E-state index contributed by atoms with van der Waals surface area (Å²) in [7, 11) is 0. The molecule has 2 rings (SSSR count). The minimum Gasteiger partial charge on any atom is -0.477 e. The zero-order chi connectivity index (χ0) is 14.7. The molecule has 0 saturated carbocycles. The maximum Gasteiger partial charge on any atom is 0.354 e. The van der Waals surface area contributed by atoms with Gasteiger partial charge >= 0.3 is 11.7 Å². The summed E-state index contributed by atoms with van der Waals surface area (Å²) in [6.07, 6.45) is 0. The highest BCUT2D eigenvalue weighted by molar-refractivity contribution is 9.10. The first-order chi connectivity index (χ1) is 9.47. The summed E-state index contributed by atoms with van der Waals surface area (Å²) in [4.78, 5) is 25.8. The van der Waals surface area contributed by atoms with Crippen molar-refractivity contribution in [2.75, 3.05) is 5.32 Å². The number of aromatic carboxylic acids is 1. The molecule has 0 atom stereocenters. The fourth-order valence-corrected chi connectivity index (χ4v) is 2.86. The Morgan fingerprint density at radius 2 is 2.30 bits per heavy atom. The van der Waals surface area contributed by atoms with Gasteiger partial charge in [-0.1, -0.05) is 0 Å². The summed E-state index contributed by atoms with van der Waals surface area (Å²) < 4.78 is 0.918. The molecule has 9 heteroatoms. The highest BCUT2D eigenvalue weighted by atomic mass is 79.9. The topological polar surface area (TPSA) is 105 Å². The van der Waals surface area contributed by atoms with Crippen LogP contribution in [0.1, 0.15) is 15.4 Å². The maximum absolute atomic E-state index is 10.9. The van der Waals surface area contributed by atoms with Gasteiger partial charge in [0, 0.05) is 20.8 Å². The van der Waals surface area contributed by atoms with Crippen LogP contribution >= 0.6 is 27.3 Å². The third-order valence-corrected chi connectivity index (χ3v) is 4.04. The van der Waals surface area contributed by atoms with Crippen molar-refractivity contribution in [3.63, 3.8) is 0 Å². The van der Waals surface area contributed by atoms with Crippen LogP contribution in [0, 0.1) is 10.1 Å². The fourth-order valence-electron chi connectivity index (χ4n) is 1.47. The summed E-state index contributed by atoms with van der Waals surface area (Å²) in [5.41, 5.74) is -0.504. The van der Waals surface area contributed by atoms with Crippen LogP contribution < -0.4 is 5.32 Å². The molecule has 0 amide bonds. The van der Waals surface area contributed by atoms with Gasteiger partial charge in [-0.25, -0.2) is 9.78 Å². The molecule has 0 bridgehead atoms. The highest BCUT2D eigenvalue weighted by Crippen LogP contribution is 2.25. The Balaban J connectivity index is 2.25. The van der Waals surface area contributed by atoms with Crippen LogP contribution in [-0.2, 0) is 6.54 Å². The molecule has 0 saturated heterocycles. The van der Waals surface area contributed by atoms with Gasteiger partial charge in [-0.3, -0.25) is 10.1 Å². The fraction of sp³-hybridized carbons (Fsp3) is 0.0909. The second-order valence-electron chi connectivity index (χ2n) is 3.71. The van der Waals surface area contributed by atoms with Crippen LogP contribution in [-0.4, -0.2) is 21.0 Å². The Morgan fingerprint density at radius 3 is 2.85 bits per heavy atom. The summed E-state index contributed by atoms with van der Waals surface area (Å²) in [6.45, 7) is 0.327. The number of rotatable bonds is 5. The predicted molar refractivity (Wildman–Crippen MR) is 77.2 cm³/mol. The minimum absolute atomic E-state index is 0.0561. The van der Waals surface area contributed by atoms with Crippen molar-refractivity contribution >= 4 is 44.7 Å². The van der Waals surface area contributed by atoms with Gasteiger partial charge < -0.3 is 10.4 Å². The van der Waals surface area contributed by atoms with Crippen molar-refractivity contribution in [2.24, 2.45) is 0 Å². The number of halogens is 1. The molecule has 0 radical (unpaired) electrons. The molecular weight excluding hydrogens is 350 g/mol. The zero-order valence-corrected chi connectivity index (χ0v) is 12.3. The van der Waals surface area contributed by atoms with Gasteiger partial charge in [0.2, 0.25) is 5.82 Å². The first-order valence-corrected chi connectivity index (χ1v) is 7.00. The predicted octanol–water partition coefficient (Wildman–Crippen LogP) is 3.12. The van der Waals surface area contributed by atoms with Crippen molar-refractivity contribution in [2.45, 2.75) is 6.54 Å². The van der Waals surface area contributed by atoms with E-state index in [9.17, 15) is 14.9 Å². The maximum atomic E-state index is 10.9. The summed E-state index contributed by atoms with van der Waals surface area (Å²) in [6, 6.07) is 4.10. The van der Waals surface area contributed by atoms with Crippen molar-refractivity contribution in [1.82, 2.24) is 4.98 Å².